The monoisotopic (exact) mass is 420 g/mol. The van der Waals surface area contributed by atoms with Gasteiger partial charge in [-0.2, -0.15) is 13.2 Å². The Hall–Kier alpha value is -3.27. The van der Waals surface area contributed by atoms with Crippen LogP contribution in [0.2, 0.25) is 0 Å². The van der Waals surface area contributed by atoms with Gasteiger partial charge in [-0.3, -0.25) is 9.88 Å². The van der Waals surface area contributed by atoms with Crippen LogP contribution in [-0.4, -0.2) is 50.2 Å². The second-order valence-corrected chi connectivity index (χ2v) is 6.56. The van der Waals surface area contributed by atoms with E-state index in [0.717, 1.165) is 55.1 Å². The lowest BCUT2D eigenvalue weighted by Gasteiger charge is -2.18. The molecule has 10 heteroatoms. The van der Waals surface area contributed by atoms with Crippen molar-refractivity contribution in [1.29, 1.82) is 0 Å². The van der Waals surface area contributed by atoms with Crippen molar-refractivity contribution in [1.82, 2.24) is 19.9 Å². The molecule has 0 saturated heterocycles. The molecular weight excluding hydrogens is 401 g/mol. The molecule has 3 aromatic heterocycles. The van der Waals surface area contributed by atoms with Gasteiger partial charge in [0.1, 0.15) is 6.33 Å². The number of carboxylic acid groups (broad SMARTS) is 1. The number of hydrogen-bond donors (Lipinski definition) is 1. The maximum absolute atomic E-state index is 10.6. The first-order chi connectivity index (χ1) is 14.3. The number of pyridine rings is 1. The topological polar surface area (TPSA) is 92.3 Å². The zero-order chi connectivity index (χ0) is 21.6. The van der Waals surface area contributed by atoms with Crippen LogP contribution in [0.25, 0.3) is 11.3 Å². The maximum Gasteiger partial charge on any atom is 0.490 e. The van der Waals surface area contributed by atoms with Crippen LogP contribution in [0, 0.1) is 0 Å². The van der Waals surface area contributed by atoms with Gasteiger partial charge in [0.05, 0.1) is 23.9 Å². The van der Waals surface area contributed by atoms with E-state index in [2.05, 4.69) is 25.9 Å². The second kappa shape index (κ2) is 9.49. The third-order valence-electron chi connectivity index (χ3n) is 4.53. The van der Waals surface area contributed by atoms with Gasteiger partial charge in [0.2, 0.25) is 0 Å². The molecule has 0 saturated carbocycles. The van der Waals surface area contributed by atoms with Crippen LogP contribution in [-0.2, 0) is 24.2 Å². The van der Waals surface area contributed by atoms with Gasteiger partial charge in [0.25, 0.3) is 0 Å². The summed E-state index contributed by atoms with van der Waals surface area (Å²) in [6, 6.07) is 8.03. The number of carbonyl (C=O) groups is 1. The van der Waals surface area contributed by atoms with Crippen LogP contribution in [0.3, 0.4) is 0 Å². The van der Waals surface area contributed by atoms with E-state index in [1.54, 1.807) is 18.9 Å². The molecule has 1 aliphatic rings. The molecule has 0 aliphatic carbocycles. The van der Waals surface area contributed by atoms with Gasteiger partial charge in [-0.05, 0) is 24.6 Å². The van der Waals surface area contributed by atoms with Gasteiger partial charge in [-0.25, -0.2) is 14.8 Å². The Balaban J connectivity index is 0.000000318. The highest BCUT2D eigenvalue weighted by atomic mass is 19.4. The zero-order valence-electron chi connectivity index (χ0n) is 15.8. The molecule has 0 spiro atoms. The SMILES string of the molecule is O=C(O)C(F)(F)F.c1ccc(CN2CCc3ncnc(-c4ccoc4)c3CC2)nc1. The number of hydrogen-bond acceptors (Lipinski definition) is 6. The highest BCUT2D eigenvalue weighted by Gasteiger charge is 2.38. The first-order valence-corrected chi connectivity index (χ1v) is 9.12. The highest BCUT2D eigenvalue weighted by Crippen LogP contribution is 2.26. The van der Waals surface area contributed by atoms with Gasteiger partial charge in [0.15, 0.2) is 0 Å². The van der Waals surface area contributed by atoms with E-state index in [1.165, 1.54) is 5.56 Å². The minimum absolute atomic E-state index is 0.878. The number of carboxylic acids is 1. The van der Waals surface area contributed by atoms with E-state index >= 15 is 0 Å². The number of halogens is 3. The normalized spacial score (nSPS) is 14.2. The lowest BCUT2D eigenvalue weighted by molar-refractivity contribution is -0.192. The van der Waals surface area contributed by atoms with E-state index in [1.807, 2.05) is 24.4 Å². The molecule has 3 aromatic rings. The van der Waals surface area contributed by atoms with Crippen LogP contribution in [0.5, 0.6) is 0 Å². The smallest absolute Gasteiger partial charge is 0.475 e. The van der Waals surface area contributed by atoms with E-state index in [4.69, 9.17) is 14.3 Å². The average molecular weight is 420 g/mol. The lowest BCUT2D eigenvalue weighted by Crippen LogP contribution is -2.26. The fourth-order valence-corrected chi connectivity index (χ4v) is 3.10. The second-order valence-electron chi connectivity index (χ2n) is 6.56. The molecule has 1 aliphatic heterocycles. The molecular formula is C20H19F3N4O3. The minimum Gasteiger partial charge on any atom is -0.475 e. The maximum atomic E-state index is 10.6. The number of aromatic nitrogens is 3. The standard InChI is InChI=1S/C18H18N4O.C2HF3O2/c1-2-7-19-15(3-1)11-22-8-4-16-17(5-9-22)20-13-21-18(16)14-6-10-23-12-14;3-2(4,5)1(6)7/h1-3,6-7,10,12-13H,4-5,8-9,11H2;(H,6,7). The summed E-state index contributed by atoms with van der Waals surface area (Å²) in [5, 5.41) is 7.12. The third kappa shape index (κ3) is 5.63. The van der Waals surface area contributed by atoms with Gasteiger partial charge in [-0.1, -0.05) is 6.07 Å². The number of alkyl halides is 3. The van der Waals surface area contributed by atoms with Crippen molar-refractivity contribution in [2.75, 3.05) is 13.1 Å². The average Bonchev–Trinajstić information content (AvgIpc) is 3.17. The van der Waals surface area contributed by atoms with E-state index in [9.17, 15) is 13.2 Å². The predicted octanol–water partition coefficient (Wildman–Crippen LogP) is 3.37. The molecule has 4 heterocycles. The first kappa shape index (κ1) is 21.4. The molecule has 0 unspecified atom stereocenters. The summed E-state index contributed by atoms with van der Waals surface area (Å²) in [5.74, 6) is -2.76. The summed E-state index contributed by atoms with van der Waals surface area (Å²) in [6.07, 6.45) is 3.76. The van der Waals surface area contributed by atoms with Crippen molar-refractivity contribution in [3.63, 3.8) is 0 Å². The quantitative estimate of drug-likeness (QED) is 0.695. The number of fused-ring (bicyclic) bond motifs is 1. The Morgan fingerprint density at radius 2 is 1.90 bits per heavy atom. The lowest BCUT2D eigenvalue weighted by atomic mass is 10.0. The predicted molar refractivity (Wildman–Crippen MR) is 100 cm³/mol. The molecule has 30 heavy (non-hydrogen) atoms. The van der Waals surface area contributed by atoms with Crippen LogP contribution >= 0.6 is 0 Å². The minimum atomic E-state index is -5.08. The molecule has 0 aromatic carbocycles. The molecule has 158 valence electrons. The van der Waals surface area contributed by atoms with Crippen LogP contribution < -0.4 is 0 Å². The van der Waals surface area contributed by atoms with E-state index in [0.29, 0.717) is 0 Å². The van der Waals surface area contributed by atoms with Gasteiger partial charge in [0, 0.05) is 49.1 Å². The van der Waals surface area contributed by atoms with Gasteiger partial charge in [-0.15, -0.1) is 0 Å². The van der Waals surface area contributed by atoms with Crippen molar-refractivity contribution in [2.45, 2.75) is 25.6 Å². The number of furan rings is 1. The van der Waals surface area contributed by atoms with Crippen molar-refractivity contribution in [3.05, 3.63) is 66.3 Å². The molecule has 0 atom stereocenters. The fourth-order valence-electron chi connectivity index (χ4n) is 3.10. The fraction of sp³-hybridized carbons (Fsp3) is 0.300. The van der Waals surface area contributed by atoms with Crippen LogP contribution in [0.4, 0.5) is 13.2 Å². The van der Waals surface area contributed by atoms with Gasteiger partial charge >= 0.3 is 12.1 Å². The van der Waals surface area contributed by atoms with E-state index in [-0.39, 0.29) is 0 Å². The summed E-state index contributed by atoms with van der Waals surface area (Å²) in [6.45, 7) is 2.86. The Kier molecular flexibility index (Phi) is 6.78. The van der Waals surface area contributed by atoms with Crippen molar-refractivity contribution < 1.29 is 27.5 Å². The zero-order valence-corrected chi connectivity index (χ0v) is 15.8. The van der Waals surface area contributed by atoms with Crippen molar-refractivity contribution in [3.8, 4) is 11.3 Å². The largest absolute Gasteiger partial charge is 0.490 e. The molecule has 7 nitrogen and oxygen atoms in total. The van der Waals surface area contributed by atoms with E-state index < -0.39 is 12.1 Å². The van der Waals surface area contributed by atoms with Crippen LogP contribution in [0.15, 0.2) is 53.7 Å². The molecule has 4 rings (SSSR count). The number of nitrogens with zero attached hydrogens (tertiary/aromatic N) is 4. The third-order valence-corrected chi connectivity index (χ3v) is 4.53. The number of rotatable bonds is 3. The molecule has 0 radical (unpaired) electrons. The van der Waals surface area contributed by atoms with Crippen molar-refractivity contribution in [2.24, 2.45) is 0 Å². The first-order valence-electron chi connectivity index (χ1n) is 9.12. The molecule has 0 bridgehead atoms. The summed E-state index contributed by atoms with van der Waals surface area (Å²) in [5.41, 5.74) is 5.54. The Morgan fingerprint density at radius 3 is 2.53 bits per heavy atom. The summed E-state index contributed by atoms with van der Waals surface area (Å²) < 4.78 is 36.9. The van der Waals surface area contributed by atoms with Crippen molar-refractivity contribution >= 4 is 5.97 Å². The van der Waals surface area contributed by atoms with Crippen LogP contribution in [0.1, 0.15) is 17.0 Å². The Morgan fingerprint density at radius 1 is 1.13 bits per heavy atom. The molecule has 0 amide bonds. The Bertz CT molecular complexity index is 963. The summed E-state index contributed by atoms with van der Waals surface area (Å²) >= 11 is 0. The molecule has 0 fully saturated rings. The van der Waals surface area contributed by atoms with Gasteiger partial charge < -0.3 is 9.52 Å². The summed E-state index contributed by atoms with van der Waals surface area (Å²) in [4.78, 5) is 24.7. The summed E-state index contributed by atoms with van der Waals surface area (Å²) in [7, 11) is 0. The Labute approximate surface area is 170 Å². The number of aliphatic carboxylic acids is 1. The molecule has 1 N–H and O–H groups in total. The highest BCUT2D eigenvalue weighted by molar-refractivity contribution is 5.73.